The van der Waals surface area contributed by atoms with Gasteiger partial charge in [-0.1, -0.05) is 37.8 Å². The Morgan fingerprint density at radius 3 is 2.21 bits per heavy atom. The maximum absolute atomic E-state index is 13.1. The van der Waals surface area contributed by atoms with Crippen LogP contribution in [0, 0.1) is 5.92 Å². The van der Waals surface area contributed by atoms with Gasteiger partial charge >= 0.3 is 6.18 Å². The fourth-order valence-electron chi connectivity index (χ4n) is 2.95. The molecule has 1 aromatic carbocycles. The Bertz CT molecular complexity index is 391. The first-order valence-electron chi connectivity index (χ1n) is 6.89. The molecule has 0 radical (unpaired) electrons. The van der Waals surface area contributed by atoms with E-state index in [1.807, 2.05) is 0 Å². The van der Waals surface area contributed by atoms with Gasteiger partial charge in [-0.25, -0.2) is 0 Å². The predicted octanol–water partition coefficient (Wildman–Crippen LogP) is 4.89. The average Bonchev–Trinajstić information content (AvgIpc) is 2.83. The quantitative estimate of drug-likeness (QED) is 0.775. The number of anilines is 1. The normalized spacial score (nSPS) is 18.7. The minimum absolute atomic E-state index is 0.193. The molecule has 1 atom stereocenters. The third-order valence-electron chi connectivity index (χ3n) is 4.07. The number of hydrogen-bond donors (Lipinski definition) is 1. The van der Waals surface area contributed by atoms with Gasteiger partial charge < -0.3 is 5.73 Å². The van der Waals surface area contributed by atoms with Crippen LogP contribution in [-0.2, 0) is 0 Å². The van der Waals surface area contributed by atoms with Gasteiger partial charge in [0.05, 0.1) is 5.92 Å². The molecule has 0 aromatic heterocycles. The van der Waals surface area contributed by atoms with Gasteiger partial charge in [-0.2, -0.15) is 13.2 Å². The molecule has 1 fully saturated rings. The fraction of sp³-hybridized carbons (Fsp3) is 0.600. The van der Waals surface area contributed by atoms with E-state index in [1.165, 1.54) is 25.0 Å². The lowest BCUT2D eigenvalue weighted by molar-refractivity contribution is -0.152. The van der Waals surface area contributed by atoms with Crippen molar-refractivity contribution in [3.8, 4) is 0 Å². The Morgan fingerprint density at radius 1 is 1.11 bits per heavy atom. The summed E-state index contributed by atoms with van der Waals surface area (Å²) in [5.74, 6) is -0.868. The predicted molar refractivity (Wildman–Crippen MR) is 70.8 cm³/mol. The van der Waals surface area contributed by atoms with Crippen LogP contribution in [0.25, 0.3) is 0 Å². The fourth-order valence-corrected chi connectivity index (χ4v) is 2.95. The molecule has 1 aliphatic carbocycles. The van der Waals surface area contributed by atoms with E-state index in [0.29, 0.717) is 23.6 Å². The van der Waals surface area contributed by atoms with Crippen molar-refractivity contribution in [2.24, 2.45) is 5.92 Å². The van der Waals surface area contributed by atoms with Crippen LogP contribution in [0.5, 0.6) is 0 Å². The number of hydrogen-bond acceptors (Lipinski definition) is 1. The molecule has 106 valence electrons. The molecule has 0 aliphatic heterocycles. The van der Waals surface area contributed by atoms with Crippen LogP contribution in [0.2, 0.25) is 0 Å². The highest BCUT2D eigenvalue weighted by molar-refractivity contribution is 5.40. The van der Waals surface area contributed by atoms with Crippen LogP contribution in [0.15, 0.2) is 24.3 Å². The van der Waals surface area contributed by atoms with Crippen molar-refractivity contribution in [2.75, 3.05) is 5.73 Å². The monoisotopic (exact) mass is 271 g/mol. The second-order valence-corrected chi connectivity index (χ2v) is 5.49. The van der Waals surface area contributed by atoms with Gasteiger partial charge in [0.2, 0.25) is 0 Å². The Morgan fingerprint density at radius 2 is 1.68 bits per heavy atom. The summed E-state index contributed by atoms with van der Waals surface area (Å²) in [6.07, 6.45) is 1.21. The lowest BCUT2D eigenvalue weighted by Gasteiger charge is -2.22. The lowest BCUT2D eigenvalue weighted by atomic mass is 9.89. The summed E-state index contributed by atoms with van der Waals surface area (Å²) in [6, 6.07) is 6.09. The van der Waals surface area contributed by atoms with E-state index >= 15 is 0 Å². The topological polar surface area (TPSA) is 26.0 Å². The summed E-state index contributed by atoms with van der Waals surface area (Å²) in [5, 5.41) is 0. The van der Waals surface area contributed by atoms with Gasteiger partial charge in [0.25, 0.3) is 0 Å². The van der Waals surface area contributed by atoms with Crippen molar-refractivity contribution in [1.29, 1.82) is 0 Å². The summed E-state index contributed by atoms with van der Waals surface area (Å²) in [6.45, 7) is 0. The van der Waals surface area contributed by atoms with Crippen molar-refractivity contribution < 1.29 is 13.2 Å². The highest BCUT2D eigenvalue weighted by atomic mass is 19.4. The van der Waals surface area contributed by atoms with Crippen molar-refractivity contribution >= 4 is 5.69 Å². The third kappa shape index (κ3) is 3.88. The number of benzene rings is 1. The maximum atomic E-state index is 13.1. The van der Waals surface area contributed by atoms with Gasteiger partial charge in [-0.15, -0.1) is 0 Å². The number of alkyl halides is 3. The molecule has 0 saturated heterocycles. The van der Waals surface area contributed by atoms with E-state index < -0.39 is 12.1 Å². The van der Waals surface area contributed by atoms with E-state index in [1.54, 1.807) is 12.1 Å². The van der Waals surface area contributed by atoms with Gasteiger partial charge in [0, 0.05) is 5.69 Å². The van der Waals surface area contributed by atoms with Crippen LogP contribution >= 0.6 is 0 Å². The molecule has 0 heterocycles. The molecule has 1 aliphatic rings. The standard InChI is InChI=1S/C15H20F3N/c16-15(17,18)14(10-5-11-3-1-2-4-11)12-6-8-13(19)9-7-12/h6-9,11,14H,1-5,10,19H2. The minimum Gasteiger partial charge on any atom is -0.399 e. The van der Waals surface area contributed by atoms with Gasteiger partial charge in [0.1, 0.15) is 0 Å². The molecule has 1 unspecified atom stereocenters. The molecule has 1 nitrogen and oxygen atoms in total. The maximum Gasteiger partial charge on any atom is 0.395 e. The van der Waals surface area contributed by atoms with Crippen LogP contribution < -0.4 is 5.73 Å². The molecule has 0 bridgehead atoms. The van der Waals surface area contributed by atoms with Crippen molar-refractivity contribution in [1.82, 2.24) is 0 Å². The van der Waals surface area contributed by atoms with Crippen LogP contribution in [0.3, 0.4) is 0 Å². The summed E-state index contributed by atoms with van der Waals surface area (Å²) < 4.78 is 39.4. The number of nitrogens with two attached hydrogens (primary N) is 1. The number of halogens is 3. The second-order valence-electron chi connectivity index (χ2n) is 5.49. The molecular weight excluding hydrogens is 251 g/mol. The first kappa shape index (κ1) is 14.2. The van der Waals surface area contributed by atoms with E-state index in [2.05, 4.69) is 0 Å². The minimum atomic E-state index is -4.17. The van der Waals surface area contributed by atoms with Crippen LogP contribution in [0.4, 0.5) is 18.9 Å². The molecule has 2 rings (SSSR count). The lowest BCUT2D eigenvalue weighted by Crippen LogP contribution is -2.21. The molecule has 19 heavy (non-hydrogen) atoms. The van der Waals surface area contributed by atoms with E-state index in [9.17, 15) is 13.2 Å². The molecular formula is C15H20F3N. The Balaban J connectivity index is 2.05. The zero-order chi connectivity index (χ0) is 13.9. The van der Waals surface area contributed by atoms with E-state index in [-0.39, 0.29) is 6.42 Å². The number of rotatable bonds is 4. The Hall–Kier alpha value is -1.19. The summed E-state index contributed by atoms with van der Waals surface area (Å²) in [5.41, 5.74) is 6.36. The first-order chi connectivity index (χ1) is 8.97. The van der Waals surface area contributed by atoms with Crippen molar-refractivity contribution in [3.63, 3.8) is 0 Å². The van der Waals surface area contributed by atoms with Gasteiger partial charge in [-0.3, -0.25) is 0 Å². The molecule has 4 heteroatoms. The largest absolute Gasteiger partial charge is 0.399 e. The SMILES string of the molecule is Nc1ccc(C(CCC2CCCC2)C(F)(F)F)cc1. The summed E-state index contributed by atoms with van der Waals surface area (Å²) >= 11 is 0. The zero-order valence-electron chi connectivity index (χ0n) is 10.9. The van der Waals surface area contributed by atoms with Crippen LogP contribution in [-0.4, -0.2) is 6.18 Å². The molecule has 2 N–H and O–H groups in total. The average molecular weight is 271 g/mol. The smallest absolute Gasteiger partial charge is 0.395 e. The molecule has 1 saturated carbocycles. The summed E-state index contributed by atoms with van der Waals surface area (Å²) in [4.78, 5) is 0. The van der Waals surface area contributed by atoms with Crippen molar-refractivity contribution in [2.45, 2.75) is 50.6 Å². The first-order valence-corrected chi connectivity index (χ1v) is 6.89. The van der Waals surface area contributed by atoms with Crippen LogP contribution in [0.1, 0.15) is 50.0 Å². The van der Waals surface area contributed by atoms with Gasteiger partial charge in [0.15, 0.2) is 0 Å². The number of nitrogen functional groups attached to an aromatic ring is 1. The molecule has 1 aromatic rings. The van der Waals surface area contributed by atoms with E-state index in [4.69, 9.17) is 5.73 Å². The van der Waals surface area contributed by atoms with Crippen molar-refractivity contribution in [3.05, 3.63) is 29.8 Å². The highest BCUT2D eigenvalue weighted by Gasteiger charge is 2.40. The Kier molecular flexibility index (Phi) is 4.38. The summed E-state index contributed by atoms with van der Waals surface area (Å²) in [7, 11) is 0. The highest BCUT2D eigenvalue weighted by Crippen LogP contribution is 2.41. The molecule has 0 amide bonds. The third-order valence-corrected chi connectivity index (χ3v) is 4.07. The second kappa shape index (κ2) is 5.85. The van der Waals surface area contributed by atoms with Gasteiger partial charge in [-0.05, 0) is 36.5 Å². The molecule has 0 spiro atoms. The zero-order valence-corrected chi connectivity index (χ0v) is 10.9. The van der Waals surface area contributed by atoms with E-state index in [0.717, 1.165) is 12.8 Å². The Labute approximate surface area is 112 Å².